The number of aromatic nitrogens is 5. The zero-order chi connectivity index (χ0) is 38.4. The van der Waals surface area contributed by atoms with Crippen molar-refractivity contribution in [3.8, 4) is 11.5 Å². The molecule has 2 bridgehead atoms. The largest absolute Gasteiger partial charge is 0.506 e. The van der Waals surface area contributed by atoms with Gasteiger partial charge in [0.05, 0.1) is 32.0 Å². The minimum atomic E-state index is -1.17. The molecule has 1 aliphatic heterocycles. The first-order valence-electron chi connectivity index (χ1n) is 20.1. The van der Waals surface area contributed by atoms with Crippen LogP contribution in [-0.4, -0.2) is 73.6 Å². The summed E-state index contributed by atoms with van der Waals surface area (Å²) >= 11 is 0. The second kappa shape index (κ2) is 13.1. The zero-order valence-electron chi connectivity index (χ0n) is 33.8. The Morgan fingerprint density at radius 2 is 1.83 bits per heavy atom. The number of rotatable bonds is 9. The van der Waals surface area contributed by atoms with Gasteiger partial charge in [-0.1, -0.05) is 74.0 Å². The van der Waals surface area contributed by atoms with Crippen molar-refractivity contribution in [3.63, 3.8) is 0 Å². The number of carboxylic acid groups (broad SMARTS) is 1. The molecule has 2 aromatic rings. The van der Waals surface area contributed by atoms with Gasteiger partial charge in [0.25, 0.3) is 0 Å². The quantitative estimate of drug-likeness (QED) is 0.192. The maximum atomic E-state index is 12.5. The molecule has 3 N–H and O–H groups in total. The van der Waals surface area contributed by atoms with E-state index in [0.29, 0.717) is 43.4 Å². The van der Waals surface area contributed by atoms with Crippen LogP contribution in [0, 0.1) is 56.7 Å². The van der Waals surface area contributed by atoms with E-state index in [1.54, 1.807) is 18.9 Å². The van der Waals surface area contributed by atoms with Crippen LogP contribution in [0.1, 0.15) is 114 Å². The van der Waals surface area contributed by atoms with E-state index in [2.05, 4.69) is 90.0 Å². The van der Waals surface area contributed by atoms with E-state index in [0.717, 1.165) is 44.2 Å². The third kappa shape index (κ3) is 5.63. The van der Waals surface area contributed by atoms with Gasteiger partial charge in [-0.3, -0.25) is 0 Å². The van der Waals surface area contributed by atoms with Gasteiger partial charge >= 0.3 is 6.16 Å². The van der Waals surface area contributed by atoms with Gasteiger partial charge in [0, 0.05) is 33.4 Å². The maximum Gasteiger partial charge on any atom is 0.506 e. The van der Waals surface area contributed by atoms with E-state index in [1.165, 1.54) is 5.57 Å². The first-order chi connectivity index (χ1) is 24.9. The van der Waals surface area contributed by atoms with Gasteiger partial charge in [0.2, 0.25) is 0 Å². The van der Waals surface area contributed by atoms with Gasteiger partial charge in [-0.15, -0.1) is 0 Å². The Hall–Kier alpha value is -2.89. The fraction of sp³-hybridized carbons (Fsp3) is 0.786. The molecule has 7 rings (SSSR count). The molecule has 12 atom stereocenters. The molecule has 11 heteroatoms. The van der Waals surface area contributed by atoms with Crippen LogP contribution < -0.4 is 5.73 Å². The van der Waals surface area contributed by atoms with E-state index >= 15 is 0 Å². The predicted octanol–water partition coefficient (Wildman–Crippen LogP) is 7.99. The topological polar surface area (TPSA) is 148 Å². The number of hydrogen-bond donors (Lipinski definition) is 2. The highest BCUT2D eigenvalue weighted by Gasteiger charge is 2.72. The van der Waals surface area contributed by atoms with Crippen LogP contribution in [0.5, 0.6) is 0 Å². The van der Waals surface area contributed by atoms with Gasteiger partial charge in [-0.25, -0.2) is 24.4 Å². The van der Waals surface area contributed by atoms with E-state index in [1.807, 2.05) is 6.07 Å². The van der Waals surface area contributed by atoms with E-state index in [4.69, 9.17) is 30.0 Å². The van der Waals surface area contributed by atoms with E-state index < -0.39 is 17.8 Å². The van der Waals surface area contributed by atoms with Crippen LogP contribution >= 0.6 is 0 Å². The number of nitrogens with zero attached hydrogens (tertiary/aromatic N) is 5. The van der Waals surface area contributed by atoms with Crippen LogP contribution in [0.3, 0.4) is 0 Å². The molecule has 0 amide bonds. The van der Waals surface area contributed by atoms with Crippen molar-refractivity contribution in [2.45, 2.75) is 132 Å². The second-order valence-corrected chi connectivity index (χ2v) is 19.6. The summed E-state index contributed by atoms with van der Waals surface area (Å²) in [6.07, 6.45) is 11.2. The van der Waals surface area contributed by atoms with E-state index in [9.17, 15) is 9.90 Å². The summed E-state index contributed by atoms with van der Waals surface area (Å²) in [6, 6.07) is 1.73. The Kier molecular flexibility index (Phi) is 9.50. The van der Waals surface area contributed by atoms with E-state index in [-0.39, 0.29) is 51.1 Å². The first-order valence-corrected chi connectivity index (χ1v) is 20.1. The fourth-order valence-electron chi connectivity index (χ4n) is 12.4. The van der Waals surface area contributed by atoms with Crippen LogP contribution in [0.25, 0.3) is 11.5 Å². The highest BCUT2D eigenvalue weighted by atomic mass is 16.7. The minimum Gasteiger partial charge on any atom is -0.450 e. The third-order valence-electron chi connectivity index (χ3n) is 16.5. The molecule has 11 nitrogen and oxygen atoms in total. The van der Waals surface area contributed by atoms with Gasteiger partial charge < -0.3 is 25.1 Å². The van der Waals surface area contributed by atoms with Crippen molar-refractivity contribution in [3.05, 3.63) is 36.6 Å². The highest BCUT2D eigenvalue weighted by molar-refractivity contribution is 5.57. The van der Waals surface area contributed by atoms with Gasteiger partial charge in [0.1, 0.15) is 24.5 Å². The Morgan fingerprint density at radius 1 is 1.08 bits per heavy atom. The summed E-state index contributed by atoms with van der Waals surface area (Å²) < 4.78 is 22.1. The molecule has 4 fully saturated rings. The van der Waals surface area contributed by atoms with Crippen LogP contribution in [-0.2, 0) is 14.2 Å². The minimum absolute atomic E-state index is 0.152. The SMILES string of the molecule is CC(C)[C@@H](C)[C@@]1(C)CC[C@]2(C)[C@H]3CC[C@@H]4[C@@]5(COC[C@@]4(C)[C@@H](OC[C@](C)(N)C(C)C)[C@H](n4ncnc4-c4ccncn4)C5)C3=CC[C@]2(C)[C@@H]1OC(=O)O. The Balaban J connectivity index is 1.35. The number of ether oxygens (including phenoxy) is 3. The summed E-state index contributed by atoms with van der Waals surface area (Å²) in [5.41, 5.74) is 7.19. The second-order valence-electron chi connectivity index (χ2n) is 19.6. The number of allylic oxidation sites excluding steroid dienone is 1. The predicted molar refractivity (Wildman–Crippen MR) is 203 cm³/mol. The normalized spacial score (nSPS) is 41.1. The Bertz CT molecular complexity index is 1710. The van der Waals surface area contributed by atoms with Crippen molar-refractivity contribution >= 4 is 6.16 Å². The van der Waals surface area contributed by atoms with Gasteiger partial charge in [-0.2, -0.15) is 5.10 Å². The highest BCUT2D eigenvalue weighted by Crippen LogP contribution is 2.74. The zero-order valence-corrected chi connectivity index (χ0v) is 33.8. The third-order valence-corrected chi connectivity index (χ3v) is 16.5. The number of nitrogens with two attached hydrogens (primary N) is 1. The summed E-state index contributed by atoms with van der Waals surface area (Å²) in [6.45, 7) is 24.3. The van der Waals surface area contributed by atoms with Crippen LogP contribution in [0.2, 0.25) is 0 Å². The average Bonchev–Trinajstić information content (AvgIpc) is 3.60. The summed E-state index contributed by atoms with van der Waals surface area (Å²) in [5, 5.41) is 15.1. The molecule has 0 aromatic carbocycles. The summed E-state index contributed by atoms with van der Waals surface area (Å²) in [4.78, 5) is 26.0. The standard InChI is InChI=1S/C42H64N6O5/c1-25(2)27(5)37(6)16-17-39(8)28-11-12-32-38(7)20-51-22-42(32,29(28)13-15-40(39,9)35(37)53-36(49)50)19-31(33(38)52-21-41(10,43)26(3)4)48-34(46-24-47-48)30-14-18-44-23-45-30/h13-14,18,23-28,31-33,35H,11-12,15-17,19-22,43H2,1-10H3,(H,49,50)/t27-,28+,31-,32+,33+,35-,37-,38-,39-,40-,41+,42+/m1/s1. The lowest BCUT2D eigenvalue weighted by Crippen LogP contribution is -2.70. The molecule has 0 radical (unpaired) electrons. The van der Waals surface area contributed by atoms with Crippen LogP contribution in [0.15, 0.2) is 36.6 Å². The lowest BCUT2D eigenvalue weighted by Gasteiger charge is -2.71. The number of fused-ring (bicyclic) bond motifs is 3. The summed E-state index contributed by atoms with van der Waals surface area (Å²) in [7, 11) is 0. The monoisotopic (exact) mass is 732 g/mol. The first kappa shape index (κ1) is 38.4. The molecular formula is C42H64N6O5. The fourth-order valence-corrected chi connectivity index (χ4v) is 12.4. The number of carbonyl (C=O) groups is 1. The lowest BCUT2D eigenvalue weighted by molar-refractivity contribution is -0.256. The average molecular weight is 733 g/mol. The molecule has 5 aliphatic rings. The van der Waals surface area contributed by atoms with Crippen molar-refractivity contribution in [2.75, 3.05) is 19.8 Å². The van der Waals surface area contributed by atoms with Crippen molar-refractivity contribution in [1.82, 2.24) is 24.7 Å². The van der Waals surface area contributed by atoms with Crippen molar-refractivity contribution in [1.29, 1.82) is 0 Å². The Labute approximate surface area is 316 Å². The molecule has 3 heterocycles. The van der Waals surface area contributed by atoms with Crippen molar-refractivity contribution in [2.24, 2.45) is 62.4 Å². The lowest BCUT2D eigenvalue weighted by atomic mass is 9.35. The smallest absolute Gasteiger partial charge is 0.450 e. The molecule has 53 heavy (non-hydrogen) atoms. The Morgan fingerprint density at radius 3 is 2.49 bits per heavy atom. The molecule has 3 saturated carbocycles. The molecular weight excluding hydrogens is 668 g/mol. The maximum absolute atomic E-state index is 12.5. The molecule has 4 aliphatic carbocycles. The molecule has 1 saturated heterocycles. The molecule has 0 spiro atoms. The number of hydrogen-bond acceptors (Lipinski definition) is 9. The molecule has 292 valence electrons. The van der Waals surface area contributed by atoms with Crippen LogP contribution in [0.4, 0.5) is 4.79 Å². The molecule has 0 unspecified atom stereocenters. The van der Waals surface area contributed by atoms with Gasteiger partial charge in [-0.05, 0) is 86.5 Å². The summed E-state index contributed by atoms with van der Waals surface area (Å²) in [5.74, 6) is 2.24. The van der Waals surface area contributed by atoms with Crippen molar-refractivity contribution < 1.29 is 24.1 Å². The van der Waals surface area contributed by atoms with Gasteiger partial charge in [0.15, 0.2) is 5.82 Å². The molecule has 2 aromatic heterocycles.